The van der Waals surface area contributed by atoms with Gasteiger partial charge in [-0.25, -0.2) is 0 Å². The quantitative estimate of drug-likeness (QED) is 0.536. The molecule has 0 amide bonds. The molecule has 1 saturated heterocycles. The van der Waals surface area contributed by atoms with Gasteiger partial charge in [0, 0.05) is 5.92 Å². The van der Waals surface area contributed by atoms with Gasteiger partial charge in [0.25, 0.3) is 0 Å². The second kappa shape index (κ2) is 2.57. The van der Waals surface area contributed by atoms with Crippen LogP contribution in [0.2, 0.25) is 0 Å². The highest BCUT2D eigenvalue weighted by molar-refractivity contribution is 5.85. The van der Waals surface area contributed by atoms with Crippen molar-refractivity contribution in [3.63, 3.8) is 0 Å². The molecule has 1 heterocycles. The first-order chi connectivity index (χ1) is 5.29. The Balaban J connectivity index is 2.16. The first kappa shape index (κ1) is 7.25. The number of ketones is 1. The predicted octanol–water partition coefficient (Wildman–Crippen LogP) is -0.0272. The second-order valence-electron chi connectivity index (χ2n) is 3.39. The van der Waals surface area contributed by atoms with E-state index >= 15 is 0 Å². The molecule has 1 saturated carbocycles. The van der Waals surface area contributed by atoms with Crippen molar-refractivity contribution in [3.05, 3.63) is 0 Å². The summed E-state index contributed by atoms with van der Waals surface area (Å²) in [4.78, 5) is 11.4. The highest BCUT2D eigenvalue weighted by atomic mass is 16.5. The van der Waals surface area contributed by atoms with Crippen molar-refractivity contribution < 1.29 is 14.6 Å². The SMILES string of the molecule is O=C1[C@@H]2CC[C@H](O)[C@H]1COC2. The van der Waals surface area contributed by atoms with E-state index in [2.05, 4.69) is 0 Å². The van der Waals surface area contributed by atoms with Gasteiger partial charge < -0.3 is 9.84 Å². The molecule has 62 valence electrons. The average molecular weight is 156 g/mol. The summed E-state index contributed by atoms with van der Waals surface area (Å²) in [6, 6.07) is 0. The van der Waals surface area contributed by atoms with Crippen LogP contribution in [0.4, 0.5) is 0 Å². The standard InChI is InChI=1S/C8H12O3/c9-7-2-1-5-3-11-4-6(7)8(5)10/h5-7,9H,1-4H2/t5-,6-,7+/m1/s1. The summed E-state index contributed by atoms with van der Waals surface area (Å²) in [7, 11) is 0. The first-order valence-electron chi connectivity index (χ1n) is 4.08. The minimum Gasteiger partial charge on any atom is -0.392 e. The van der Waals surface area contributed by atoms with Crippen LogP contribution in [0.15, 0.2) is 0 Å². The van der Waals surface area contributed by atoms with Gasteiger partial charge in [-0.05, 0) is 12.8 Å². The molecule has 3 nitrogen and oxygen atoms in total. The summed E-state index contributed by atoms with van der Waals surface area (Å²) in [5.41, 5.74) is 0. The summed E-state index contributed by atoms with van der Waals surface area (Å²) in [5.74, 6) is 0.0784. The number of carbonyl (C=O) groups excluding carboxylic acids is 1. The molecule has 1 N–H and O–H groups in total. The van der Waals surface area contributed by atoms with Gasteiger partial charge in [0.1, 0.15) is 5.78 Å². The maximum atomic E-state index is 11.4. The molecule has 2 bridgehead atoms. The molecule has 0 aromatic heterocycles. The van der Waals surface area contributed by atoms with Gasteiger partial charge in [0.15, 0.2) is 0 Å². The molecule has 1 aliphatic carbocycles. The van der Waals surface area contributed by atoms with Crippen LogP contribution in [-0.2, 0) is 9.53 Å². The summed E-state index contributed by atoms with van der Waals surface area (Å²) < 4.78 is 5.20. The number of aliphatic hydroxyl groups is 1. The lowest BCUT2D eigenvalue weighted by Gasteiger charge is -2.35. The van der Waals surface area contributed by atoms with Gasteiger partial charge in [0.2, 0.25) is 0 Å². The third kappa shape index (κ3) is 1.08. The number of fused-ring (bicyclic) bond motifs is 2. The van der Waals surface area contributed by atoms with Gasteiger partial charge in [-0.15, -0.1) is 0 Å². The molecule has 2 aliphatic rings. The number of hydrogen-bond donors (Lipinski definition) is 1. The summed E-state index contributed by atoms with van der Waals surface area (Å²) in [6.07, 6.45) is 1.13. The van der Waals surface area contributed by atoms with E-state index in [-0.39, 0.29) is 17.6 Å². The second-order valence-corrected chi connectivity index (χ2v) is 3.39. The Bertz CT molecular complexity index is 178. The van der Waals surface area contributed by atoms with Crippen molar-refractivity contribution in [1.82, 2.24) is 0 Å². The Labute approximate surface area is 65.4 Å². The maximum absolute atomic E-state index is 11.4. The molecular formula is C8H12O3. The van der Waals surface area contributed by atoms with Crippen LogP contribution >= 0.6 is 0 Å². The monoisotopic (exact) mass is 156 g/mol. The summed E-state index contributed by atoms with van der Waals surface area (Å²) in [6.45, 7) is 0.999. The number of rotatable bonds is 0. The van der Waals surface area contributed by atoms with E-state index in [0.717, 1.165) is 12.8 Å². The lowest BCUT2D eigenvalue weighted by molar-refractivity contribution is -0.149. The molecule has 2 rings (SSSR count). The van der Waals surface area contributed by atoms with Crippen molar-refractivity contribution in [2.45, 2.75) is 18.9 Å². The summed E-state index contributed by atoms with van der Waals surface area (Å²) in [5, 5.41) is 9.39. The topological polar surface area (TPSA) is 46.5 Å². The van der Waals surface area contributed by atoms with Crippen molar-refractivity contribution in [2.24, 2.45) is 11.8 Å². The number of ether oxygens (including phenoxy) is 1. The first-order valence-corrected chi connectivity index (χ1v) is 4.08. The summed E-state index contributed by atoms with van der Waals surface area (Å²) >= 11 is 0. The van der Waals surface area contributed by atoms with Crippen molar-refractivity contribution >= 4 is 5.78 Å². The zero-order chi connectivity index (χ0) is 7.84. The molecule has 2 fully saturated rings. The van der Waals surface area contributed by atoms with E-state index in [1.165, 1.54) is 0 Å². The van der Waals surface area contributed by atoms with Gasteiger partial charge in [0.05, 0.1) is 25.2 Å². The fraction of sp³-hybridized carbons (Fsp3) is 0.875. The Kier molecular flexibility index (Phi) is 1.69. The molecule has 0 unspecified atom stereocenters. The normalized spacial score (nSPS) is 44.1. The highest BCUT2D eigenvalue weighted by Crippen LogP contribution is 2.30. The van der Waals surface area contributed by atoms with Crippen LogP contribution in [-0.4, -0.2) is 30.2 Å². The average Bonchev–Trinajstić information content (AvgIpc) is 1.98. The molecule has 3 heteroatoms. The van der Waals surface area contributed by atoms with Crippen LogP contribution in [0.1, 0.15) is 12.8 Å². The Morgan fingerprint density at radius 3 is 2.91 bits per heavy atom. The zero-order valence-electron chi connectivity index (χ0n) is 6.32. The van der Waals surface area contributed by atoms with Crippen LogP contribution in [0, 0.1) is 11.8 Å². The third-order valence-corrected chi connectivity index (χ3v) is 2.66. The molecule has 3 atom stereocenters. The molecule has 11 heavy (non-hydrogen) atoms. The lowest BCUT2D eigenvalue weighted by Crippen LogP contribution is -2.46. The highest BCUT2D eigenvalue weighted by Gasteiger charge is 2.40. The van der Waals surface area contributed by atoms with Crippen molar-refractivity contribution in [3.8, 4) is 0 Å². The smallest absolute Gasteiger partial charge is 0.146 e. The molecule has 0 radical (unpaired) electrons. The van der Waals surface area contributed by atoms with E-state index in [1.807, 2.05) is 0 Å². The van der Waals surface area contributed by atoms with Gasteiger partial charge >= 0.3 is 0 Å². The van der Waals surface area contributed by atoms with Gasteiger partial charge in [-0.3, -0.25) is 4.79 Å². The zero-order valence-corrected chi connectivity index (χ0v) is 6.32. The minimum atomic E-state index is -0.445. The van der Waals surface area contributed by atoms with Crippen LogP contribution in [0.3, 0.4) is 0 Å². The van der Waals surface area contributed by atoms with Crippen molar-refractivity contribution in [2.75, 3.05) is 13.2 Å². The van der Waals surface area contributed by atoms with E-state index in [1.54, 1.807) is 0 Å². The largest absolute Gasteiger partial charge is 0.392 e. The predicted molar refractivity (Wildman–Crippen MR) is 38.0 cm³/mol. The molecule has 0 aromatic carbocycles. The number of Topliss-reactive ketones (excluding diaryl/α,β-unsaturated/α-hetero) is 1. The van der Waals surface area contributed by atoms with E-state index in [0.29, 0.717) is 13.2 Å². The van der Waals surface area contributed by atoms with Gasteiger partial charge in [-0.2, -0.15) is 0 Å². The fourth-order valence-electron chi connectivity index (χ4n) is 1.90. The molecule has 0 aromatic rings. The lowest BCUT2D eigenvalue weighted by atomic mass is 9.77. The van der Waals surface area contributed by atoms with E-state index in [9.17, 15) is 9.90 Å². The fourth-order valence-corrected chi connectivity index (χ4v) is 1.90. The molecule has 0 spiro atoms. The number of aliphatic hydroxyl groups excluding tert-OH is 1. The minimum absolute atomic E-state index is 0.0807. The van der Waals surface area contributed by atoms with Crippen molar-refractivity contribution in [1.29, 1.82) is 0 Å². The van der Waals surface area contributed by atoms with Gasteiger partial charge in [-0.1, -0.05) is 0 Å². The Hall–Kier alpha value is -0.410. The number of carbonyl (C=O) groups is 1. The Morgan fingerprint density at radius 1 is 1.36 bits per heavy atom. The van der Waals surface area contributed by atoms with E-state index in [4.69, 9.17) is 4.74 Å². The van der Waals surface area contributed by atoms with Crippen LogP contribution in [0.5, 0.6) is 0 Å². The molecule has 1 aliphatic heterocycles. The Morgan fingerprint density at radius 2 is 2.18 bits per heavy atom. The van der Waals surface area contributed by atoms with Crippen LogP contribution in [0.25, 0.3) is 0 Å². The maximum Gasteiger partial charge on any atom is 0.146 e. The molecular weight excluding hydrogens is 144 g/mol. The third-order valence-electron chi connectivity index (χ3n) is 2.66. The number of hydrogen-bond acceptors (Lipinski definition) is 3. The van der Waals surface area contributed by atoms with Crippen LogP contribution < -0.4 is 0 Å². The van der Waals surface area contributed by atoms with E-state index < -0.39 is 6.10 Å².